The summed E-state index contributed by atoms with van der Waals surface area (Å²) in [5, 5.41) is 6.82. The maximum absolute atomic E-state index is 12.6. The van der Waals surface area contributed by atoms with Crippen LogP contribution in [0.2, 0.25) is 0 Å². The average molecular weight is 331 g/mol. The molecule has 2 aromatic rings. The van der Waals surface area contributed by atoms with E-state index in [2.05, 4.69) is 15.5 Å². The Bertz CT molecular complexity index is 698. The highest BCUT2D eigenvalue weighted by Crippen LogP contribution is 2.32. The minimum absolute atomic E-state index is 0.174. The molecule has 2 heterocycles. The fourth-order valence-corrected chi connectivity index (χ4v) is 2.68. The summed E-state index contributed by atoms with van der Waals surface area (Å²) in [6.45, 7) is 0.659. The molecule has 0 saturated carbocycles. The average Bonchev–Trinajstić information content (AvgIpc) is 3.24. The molecule has 1 aromatic heterocycles. The number of nitrogens with zero attached hydrogens (tertiary/aromatic N) is 4. The van der Waals surface area contributed by atoms with Gasteiger partial charge in [0.05, 0.1) is 7.11 Å². The number of amides is 2. The number of hydrogen-bond acceptors (Lipinski definition) is 6. The Hall–Kier alpha value is -2.77. The number of methoxy groups -OCH3 is 1. The van der Waals surface area contributed by atoms with Gasteiger partial charge in [0.1, 0.15) is 11.8 Å². The maximum atomic E-state index is 12.6. The molecule has 1 saturated heterocycles. The van der Waals surface area contributed by atoms with Crippen molar-refractivity contribution >= 4 is 17.7 Å². The lowest BCUT2D eigenvalue weighted by Gasteiger charge is -2.22. The Labute approximate surface area is 140 Å². The zero-order valence-corrected chi connectivity index (χ0v) is 14.0. The van der Waals surface area contributed by atoms with Gasteiger partial charge in [-0.15, -0.1) is 0 Å². The maximum Gasteiger partial charge on any atom is 0.322 e. The van der Waals surface area contributed by atoms with Crippen LogP contribution in [0.4, 0.5) is 16.4 Å². The van der Waals surface area contributed by atoms with Crippen LogP contribution in [0, 0.1) is 0 Å². The second kappa shape index (κ2) is 6.77. The van der Waals surface area contributed by atoms with E-state index in [9.17, 15) is 4.79 Å². The van der Waals surface area contributed by atoms with Crippen molar-refractivity contribution in [1.29, 1.82) is 0 Å². The first-order valence-electron chi connectivity index (χ1n) is 7.81. The van der Waals surface area contributed by atoms with E-state index in [0.717, 1.165) is 18.6 Å². The molecule has 0 bridgehead atoms. The van der Waals surface area contributed by atoms with Gasteiger partial charge in [-0.3, -0.25) is 0 Å². The van der Waals surface area contributed by atoms with Gasteiger partial charge in [-0.1, -0.05) is 0 Å². The molecule has 0 unspecified atom stereocenters. The lowest BCUT2D eigenvalue weighted by molar-refractivity contribution is 0.193. The lowest BCUT2D eigenvalue weighted by atomic mass is 10.2. The summed E-state index contributed by atoms with van der Waals surface area (Å²) in [6.07, 6.45) is 1.71. The smallest absolute Gasteiger partial charge is 0.322 e. The first-order valence-corrected chi connectivity index (χ1v) is 7.81. The van der Waals surface area contributed by atoms with E-state index in [1.54, 1.807) is 41.2 Å². The standard InChI is InChI=1S/C16H21N5O3/c1-20(2)15-18-14(24-19-15)13-5-4-10-21(13)16(22)17-11-6-8-12(23-3)9-7-11/h6-9,13H,4-5,10H2,1-3H3,(H,17,22)/t13-/m1/s1. The highest BCUT2D eigenvalue weighted by Gasteiger charge is 2.34. The third kappa shape index (κ3) is 3.27. The van der Waals surface area contributed by atoms with Crippen molar-refractivity contribution in [3.8, 4) is 5.75 Å². The van der Waals surface area contributed by atoms with E-state index < -0.39 is 0 Å². The molecule has 1 N–H and O–H groups in total. The summed E-state index contributed by atoms with van der Waals surface area (Å²) in [5.41, 5.74) is 0.714. The Morgan fingerprint density at radius 3 is 2.75 bits per heavy atom. The van der Waals surface area contributed by atoms with Gasteiger partial charge in [0.25, 0.3) is 11.8 Å². The number of ether oxygens (including phenoxy) is 1. The number of rotatable bonds is 4. The van der Waals surface area contributed by atoms with Gasteiger partial charge in [0.15, 0.2) is 0 Å². The van der Waals surface area contributed by atoms with Crippen LogP contribution in [0.1, 0.15) is 24.8 Å². The highest BCUT2D eigenvalue weighted by atomic mass is 16.5. The molecule has 8 heteroatoms. The van der Waals surface area contributed by atoms with Crippen LogP contribution in [0.15, 0.2) is 28.8 Å². The number of anilines is 2. The number of carbonyl (C=O) groups excluding carboxylic acids is 1. The number of urea groups is 1. The number of benzene rings is 1. The van der Waals surface area contributed by atoms with Gasteiger partial charge in [-0.05, 0) is 42.3 Å². The quantitative estimate of drug-likeness (QED) is 0.927. The molecule has 3 rings (SSSR count). The van der Waals surface area contributed by atoms with E-state index in [4.69, 9.17) is 9.26 Å². The zero-order chi connectivity index (χ0) is 17.1. The molecule has 2 amide bonds. The van der Waals surface area contributed by atoms with Crippen molar-refractivity contribution in [2.75, 3.05) is 38.0 Å². The minimum Gasteiger partial charge on any atom is -0.497 e. The van der Waals surface area contributed by atoms with E-state index in [0.29, 0.717) is 24.1 Å². The second-order valence-electron chi connectivity index (χ2n) is 5.84. The molecule has 0 spiro atoms. The summed E-state index contributed by atoms with van der Waals surface area (Å²) in [6, 6.07) is 6.85. The van der Waals surface area contributed by atoms with Crippen LogP contribution >= 0.6 is 0 Å². The molecule has 1 aliphatic heterocycles. The lowest BCUT2D eigenvalue weighted by Crippen LogP contribution is -2.34. The van der Waals surface area contributed by atoms with Crippen molar-refractivity contribution in [3.05, 3.63) is 30.2 Å². The van der Waals surface area contributed by atoms with E-state index in [1.807, 2.05) is 14.1 Å². The predicted molar refractivity (Wildman–Crippen MR) is 89.3 cm³/mol. The summed E-state index contributed by atoms with van der Waals surface area (Å²) in [5.74, 6) is 1.72. The molecule has 1 atom stereocenters. The molecule has 0 radical (unpaired) electrons. The highest BCUT2D eigenvalue weighted by molar-refractivity contribution is 5.89. The van der Waals surface area contributed by atoms with Crippen molar-refractivity contribution in [1.82, 2.24) is 15.0 Å². The van der Waals surface area contributed by atoms with Gasteiger partial charge >= 0.3 is 6.03 Å². The van der Waals surface area contributed by atoms with Crippen LogP contribution in [0.25, 0.3) is 0 Å². The predicted octanol–water partition coefficient (Wildman–Crippen LogP) is 2.51. The fraction of sp³-hybridized carbons (Fsp3) is 0.438. The summed E-state index contributed by atoms with van der Waals surface area (Å²) in [7, 11) is 5.30. The van der Waals surface area contributed by atoms with Crippen LogP contribution < -0.4 is 15.0 Å². The first-order chi connectivity index (χ1) is 11.6. The van der Waals surface area contributed by atoms with Gasteiger partial charge in [-0.25, -0.2) is 4.79 Å². The van der Waals surface area contributed by atoms with Crippen molar-refractivity contribution in [3.63, 3.8) is 0 Å². The molecule has 0 aliphatic carbocycles. The number of hydrogen-bond donors (Lipinski definition) is 1. The van der Waals surface area contributed by atoms with E-state index >= 15 is 0 Å². The van der Waals surface area contributed by atoms with Crippen LogP contribution in [0.3, 0.4) is 0 Å². The zero-order valence-electron chi connectivity index (χ0n) is 14.0. The van der Waals surface area contributed by atoms with Gasteiger partial charge in [-0.2, -0.15) is 4.98 Å². The van der Waals surface area contributed by atoms with Crippen molar-refractivity contribution in [2.24, 2.45) is 0 Å². The summed E-state index contributed by atoms with van der Waals surface area (Å²) >= 11 is 0. The molecular weight excluding hydrogens is 310 g/mol. The fourth-order valence-electron chi connectivity index (χ4n) is 2.68. The van der Waals surface area contributed by atoms with Gasteiger partial charge in [0.2, 0.25) is 0 Å². The summed E-state index contributed by atoms with van der Waals surface area (Å²) < 4.78 is 10.4. The van der Waals surface area contributed by atoms with Crippen molar-refractivity contribution in [2.45, 2.75) is 18.9 Å². The number of likely N-dealkylation sites (tertiary alicyclic amines) is 1. The Balaban J connectivity index is 1.70. The Morgan fingerprint density at radius 1 is 1.38 bits per heavy atom. The largest absolute Gasteiger partial charge is 0.497 e. The SMILES string of the molecule is COc1ccc(NC(=O)N2CCC[C@@H]2c2nc(N(C)C)no2)cc1. The number of nitrogens with one attached hydrogen (secondary N) is 1. The van der Waals surface area contributed by atoms with Crippen LogP contribution in [-0.4, -0.2) is 48.8 Å². The normalized spacial score (nSPS) is 17.0. The molecule has 1 aromatic carbocycles. The summed E-state index contributed by atoms with van der Waals surface area (Å²) in [4.78, 5) is 20.4. The Kier molecular flexibility index (Phi) is 4.54. The van der Waals surface area contributed by atoms with Crippen LogP contribution in [-0.2, 0) is 0 Å². The van der Waals surface area contributed by atoms with Gasteiger partial charge in [0, 0.05) is 26.3 Å². The molecule has 1 fully saturated rings. The minimum atomic E-state index is -0.190. The molecule has 24 heavy (non-hydrogen) atoms. The molecule has 1 aliphatic rings. The topological polar surface area (TPSA) is 83.7 Å². The second-order valence-corrected chi connectivity index (χ2v) is 5.84. The third-order valence-electron chi connectivity index (χ3n) is 3.97. The van der Waals surface area contributed by atoms with Gasteiger partial charge < -0.3 is 24.4 Å². The van der Waals surface area contributed by atoms with E-state index in [-0.39, 0.29) is 12.1 Å². The molecular formula is C16H21N5O3. The first kappa shape index (κ1) is 16.1. The Morgan fingerprint density at radius 2 is 2.12 bits per heavy atom. The molecule has 8 nitrogen and oxygen atoms in total. The molecule has 128 valence electrons. The van der Waals surface area contributed by atoms with Crippen LogP contribution in [0.5, 0.6) is 5.75 Å². The monoisotopic (exact) mass is 331 g/mol. The third-order valence-corrected chi connectivity index (χ3v) is 3.97. The number of carbonyl (C=O) groups is 1. The van der Waals surface area contributed by atoms with Crippen molar-refractivity contribution < 1.29 is 14.1 Å². The number of aromatic nitrogens is 2. The van der Waals surface area contributed by atoms with E-state index in [1.165, 1.54) is 0 Å².